The number of phenols is 1. The molecule has 0 heterocycles. The molecule has 0 spiro atoms. The number of ether oxygens (including phenoxy) is 2. The Kier molecular flexibility index (Phi) is 3.65. The first kappa shape index (κ1) is 12.6. The van der Waals surface area contributed by atoms with Crippen molar-refractivity contribution in [1.82, 2.24) is 0 Å². The molecule has 0 fully saturated rings. The van der Waals surface area contributed by atoms with E-state index in [0.717, 1.165) is 5.56 Å². The predicted octanol–water partition coefficient (Wildman–Crippen LogP) is 1.72. The summed E-state index contributed by atoms with van der Waals surface area (Å²) in [5.41, 5.74) is 0.0338. The number of methoxy groups -OCH3 is 2. The molecule has 2 N–H and O–H groups in total. The lowest BCUT2D eigenvalue weighted by molar-refractivity contribution is 0.0808. The van der Waals surface area contributed by atoms with Crippen LogP contribution in [-0.2, 0) is 6.42 Å². The van der Waals surface area contributed by atoms with Gasteiger partial charge in [0.25, 0.3) is 0 Å². The van der Waals surface area contributed by atoms with Crippen LogP contribution in [0, 0.1) is 0 Å². The van der Waals surface area contributed by atoms with Crippen LogP contribution in [-0.4, -0.2) is 30.0 Å². The summed E-state index contributed by atoms with van der Waals surface area (Å²) in [6.07, 6.45) is 0.458. The highest BCUT2D eigenvalue weighted by atomic mass is 16.5. The Morgan fingerprint density at radius 2 is 1.56 bits per heavy atom. The van der Waals surface area contributed by atoms with Gasteiger partial charge in [-0.3, -0.25) is 0 Å². The van der Waals surface area contributed by atoms with E-state index in [0.29, 0.717) is 17.9 Å². The van der Waals surface area contributed by atoms with E-state index in [1.807, 2.05) is 0 Å². The number of hydrogen-bond donors (Lipinski definition) is 2. The van der Waals surface area contributed by atoms with E-state index in [9.17, 15) is 10.2 Å². The quantitative estimate of drug-likeness (QED) is 0.820. The van der Waals surface area contributed by atoms with Crippen LogP contribution in [0.15, 0.2) is 12.1 Å². The summed E-state index contributed by atoms with van der Waals surface area (Å²) in [5.74, 6) is 0.668. The van der Waals surface area contributed by atoms with Crippen LogP contribution in [0.2, 0.25) is 0 Å². The van der Waals surface area contributed by atoms with Crippen LogP contribution < -0.4 is 9.47 Å². The molecule has 0 saturated heterocycles. The van der Waals surface area contributed by atoms with E-state index in [1.54, 1.807) is 26.0 Å². The molecule has 0 aromatic heterocycles. The number of rotatable bonds is 4. The summed E-state index contributed by atoms with van der Waals surface area (Å²) in [7, 11) is 2.95. The highest BCUT2D eigenvalue weighted by molar-refractivity contribution is 5.52. The molecule has 0 saturated carbocycles. The fraction of sp³-hybridized carbons (Fsp3) is 0.500. The molecular weight excluding hydrogens is 208 g/mol. The largest absolute Gasteiger partial charge is 0.502 e. The zero-order valence-corrected chi connectivity index (χ0v) is 10.1. The van der Waals surface area contributed by atoms with Gasteiger partial charge in [-0.05, 0) is 31.5 Å². The second-order valence-corrected chi connectivity index (χ2v) is 4.34. The van der Waals surface area contributed by atoms with Crippen molar-refractivity contribution in [3.05, 3.63) is 17.7 Å². The molecule has 0 bridgehead atoms. The number of benzene rings is 1. The molecule has 0 aliphatic carbocycles. The van der Waals surface area contributed by atoms with Gasteiger partial charge in [0.05, 0.1) is 19.8 Å². The van der Waals surface area contributed by atoms with E-state index in [-0.39, 0.29) is 5.75 Å². The number of hydrogen-bond acceptors (Lipinski definition) is 4. The third kappa shape index (κ3) is 3.03. The second kappa shape index (κ2) is 4.61. The lowest BCUT2D eigenvalue weighted by atomic mass is 9.98. The summed E-state index contributed by atoms with van der Waals surface area (Å²) in [4.78, 5) is 0. The Morgan fingerprint density at radius 1 is 1.12 bits per heavy atom. The predicted molar refractivity (Wildman–Crippen MR) is 61.2 cm³/mol. The third-order valence-electron chi connectivity index (χ3n) is 2.18. The molecule has 0 amide bonds. The summed E-state index contributed by atoms with van der Waals surface area (Å²) in [6.45, 7) is 3.44. The van der Waals surface area contributed by atoms with Gasteiger partial charge in [0.1, 0.15) is 0 Å². The summed E-state index contributed by atoms with van der Waals surface area (Å²) in [5, 5.41) is 19.4. The van der Waals surface area contributed by atoms with Gasteiger partial charge < -0.3 is 19.7 Å². The van der Waals surface area contributed by atoms with Gasteiger partial charge in [-0.2, -0.15) is 0 Å². The average Bonchev–Trinajstić information content (AvgIpc) is 2.18. The van der Waals surface area contributed by atoms with Crippen LogP contribution in [0.25, 0.3) is 0 Å². The zero-order valence-electron chi connectivity index (χ0n) is 10.1. The van der Waals surface area contributed by atoms with Crippen molar-refractivity contribution < 1.29 is 19.7 Å². The van der Waals surface area contributed by atoms with Crippen LogP contribution in [0.1, 0.15) is 19.4 Å². The van der Waals surface area contributed by atoms with Gasteiger partial charge in [-0.15, -0.1) is 0 Å². The van der Waals surface area contributed by atoms with Crippen molar-refractivity contribution in [3.63, 3.8) is 0 Å². The van der Waals surface area contributed by atoms with Gasteiger partial charge in [0.15, 0.2) is 11.5 Å². The Labute approximate surface area is 95.4 Å². The lowest BCUT2D eigenvalue weighted by Crippen LogP contribution is -2.21. The minimum atomic E-state index is -0.813. The molecule has 16 heavy (non-hydrogen) atoms. The topological polar surface area (TPSA) is 58.9 Å². The van der Waals surface area contributed by atoms with Gasteiger partial charge in [0.2, 0.25) is 5.75 Å². The fourth-order valence-electron chi connectivity index (χ4n) is 1.55. The minimum absolute atomic E-state index is 0.0236. The summed E-state index contributed by atoms with van der Waals surface area (Å²) >= 11 is 0. The number of aliphatic hydroxyl groups is 1. The smallest absolute Gasteiger partial charge is 0.200 e. The number of phenolic OH excluding ortho intramolecular Hbond substituents is 1. The molecule has 0 aliphatic rings. The zero-order chi connectivity index (χ0) is 12.3. The Balaban J connectivity index is 3.12. The fourth-order valence-corrected chi connectivity index (χ4v) is 1.55. The SMILES string of the molecule is COc1cc(CC(C)(C)O)cc(OC)c1O. The molecule has 0 radical (unpaired) electrons. The Hall–Kier alpha value is -1.42. The van der Waals surface area contributed by atoms with Crippen molar-refractivity contribution in [2.24, 2.45) is 0 Å². The summed E-state index contributed by atoms with van der Waals surface area (Å²) < 4.78 is 10.1. The maximum Gasteiger partial charge on any atom is 0.200 e. The Morgan fingerprint density at radius 3 is 1.88 bits per heavy atom. The standard InChI is InChI=1S/C12H18O4/c1-12(2,14)7-8-5-9(15-3)11(13)10(6-8)16-4/h5-6,13-14H,7H2,1-4H3. The van der Waals surface area contributed by atoms with E-state index < -0.39 is 5.60 Å². The molecule has 1 aromatic rings. The van der Waals surface area contributed by atoms with E-state index in [2.05, 4.69) is 0 Å². The van der Waals surface area contributed by atoms with Crippen LogP contribution in [0.3, 0.4) is 0 Å². The molecule has 4 nitrogen and oxygen atoms in total. The highest BCUT2D eigenvalue weighted by Crippen LogP contribution is 2.37. The van der Waals surface area contributed by atoms with Gasteiger partial charge in [-0.25, -0.2) is 0 Å². The minimum Gasteiger partial charge on any atom is -0.502 e. The molecule has 1 rings (SSSR count). The third-order valence-corrected chi connectivity index (χ3v) is 2.18. The van der Waals surface area contributed by atoms with Crippen LogP contribution >= 0.6 is 0 Å². The van der Waals surface area contributed by atoms with E-state index in [4.69, 9.17) is 9.47 Å². The molecular formula is C12H18O4. The molecule has 1 aromatic carbocycles. The average molecular weight is 226 g/mol. The highest BCUT2D eigenvalue weighted by Gasteiger charge is 2.17. The van der Waals surface area contributed by atoms with Crippen molar-refractivity contribution >= 4 is 0 Å². The van der Waals surface area contributed by atoms with Crippen molar-refractivity contribution in [1.29, 1.82) is 0 Å². The first-order valence-electron chi connectivity index (χ1n) is 5.03. The summed E-state index contributed by atoms with van der Waals surface area (Å²) in [6, 6.07) is 3.38. The molecule has 0 unspecified atom stereocenters. The van der Waals surface area contributed by atoms with Gasteiger partial charge in [0, 0.05) is 6.42 Å². The molecule has 0 aliphatic heterocycles. The first-order chi connectivity index (χ1) is 7.37. The van der Waals surface area contributed by atoms with E-state index >= 15 is 0 Å². The maximum absolute atomic E-state index is 9.72. The van der Waals surface area contributed by atoms with Gasteiger partial charge >= 0.3 is 0 Å². The van der Waals surface area contributed by atoms with Crippen molar-refractivity contribution in [2.45, 2.75) is 25.9 Å². The van der Waals surface area contributed by atoms with Crippen molar-refractivity contribution in [3.8, 4) is 17.2 Å². The maximum atomic E-state index is 9.72. The Bertz CT molecular complexity index is 341. The lowest BCUT2D eigenvalue weighted by Gasteiger charge is -2.18. The normalized spacial score (nSPS) is 11.3. The first-order valence-corrected chi connectivity index (χ1v) is 5.03. The van der Waals surface area contributed by atoms with Crippen molar-refractivity contribution in [2.75, 3.05) is 14.2 Å². The molecule has 0 atom stereocenters. The van der Waals surface area contributed by atoms with Crippen LogP contribution in [0.4, 0.5) is 0 Å². The monoisotopic (exact) mass is 226 g/mol. The molecule has 4 heteroatoms. The number of aromatic hydroxyl groups is 1. The van der Waals surface area contributed by atoms with Crippen LogP contribution in [0.5, 0.6) is 17.2 Å². The van der Waals surface area contributed by atoms with Gasteiger partial charge in [-0.1, -0.05) is 0 Å². The second-order valence-electron chi connectivity index (χ2n) is 4.34. The molecule has 90 valence electrons. The van der Waals surface area contributed by atoms with E-state index in [1.165, 1.54) is 14.2 Å².